The Balaban J connectivity index is 4.16. The molecule has 0 aliphatic heterocycles. The maximum Gasteiger partial charge on any atom is 0.306 e. The average Bonchev–Trinajstić information content (AvgIpc) is 3.46. The van der Waals surface area contributed by atoms with Gasteiger partial charge in [-0.1, -0.05) is 289 Å². The van der Waals surface area contributed by atoms with E-state index >= 15 is 0 Å². The highest BCUT2D eigenvalue weighted by atomic mass is 31.2. The van der Waals surface area contributed by atoms with E-state index in [2.05, 4.69) is 135 Å². The molecule has 0 fully saturated rings. The maximum atomic E-state index is 12.8. The van der Waals surface area contributed by atoms with Gasteiger partial charge in [-0.05, 0) is 89.9 Å². The highest BCUT2D eigenvalue weighted by molar-refractivity contribution is 7.45. The molecular formula is C72H124NO8P. The van der Waals surface area contributed by atoms with Crippen LogP contribution in [0.1, 0.15) is 271 Å². The number of phosphoric acid groups is 1. The SMILES string of the molecule is CC/C=C\C/C=C\C/C=C\C/C=C\C/C=C\C/C=C\C/C=C\C/C=C\C/C=C\C/C=C\CCCCCCCCC(=O)OC(COC(=O)CCCCCCCCCCCCCCCCCCCCCCC)COP(=O)([O-])OCC[N+](C)(C)C. The molecule has 10 heteroatoms. The highest BCUT2D eigenvalue weighted by Gasteiger charge is 2.22. The number of nitrogens with zero attached hydrogens (tertiary/aromatic N) is 1. The van der Waals surface area contributed by atoms with E-state index in [1.807, 2.05) is 21.1 Å². The second kappa shape index (κ2) is 62.0. The lowest BCUT2D eigenvalue weighted by atomic mass is 10.0. The lowest BCUT2D eigenvalue weighted by Gasteiger charge is -2.28. The molecule has 0 radical (unpaired) electrons. The summed E-state index contributed by atoms with van der Waals surface area (Å²) in [5.41, 5.74) is 0. The first-order chi connectivity index (χ1) is 40.0. The third kappa shape index (κ3) is 65.6. The third-order valence-electron chi connectivity index (χ3n) is 14.0. The number of carbonyl (C=O) groups excluding carboxylic acids is 2. The molecule has 0 saturated heterocycles. The van der Waals surface area contributed by atoms with Gasteiger partial charge in [-0.15, -0.1) is 0 Å². The van der Waals surface area contributed by atoms with Crippen LogP contribution in [0, 0.1) is 0 Å². The van der Waals surface area contributed by atoms with Crippen molar-refractivity contribution in [1.29, 1.82) is 0 Å². The van der Waals surface area contributed by atoms with E-state index in [1.54, 1.807) is 0 Å². The highest BCUT2D eigenvalue weighted by Crippen LogP contribution is 2.38. The minimum absolute atomic E-state index is 0.0384. The Labute approximate surface area is 505 Å². The van der Waals surface area contributed by atoms with Crippen molar-refractivity contribution in [3.63, 3.8) is 0 Å². The van der Waals surface area contributed by atoms with Gasteiger partial charge in [0.05, 0.1) is 27.7 Å². The van der Waals surface area contributed by atoms with Crippen LogP contribution in [0.15, 0.2) is 122 Å². The number of unbranched alkanes of at least 4 members (excludes halogenated alkanes) is 26. The first kappa shape index (κ1) is 78.4. The molecule has 2 atom stereocenters. The Morgan fingerprint density at radius 3 is 1.04 bits per heavy atom. The van der Waals surface area contributed by atoms with Gasteiger partial charge in [-0.2, -0.15) is 0 Å². The molecule has 0 rings (SSSR count). The second-order valence-electron chi connectivity index (χ2n) is 23.1. The van der Waals surface area contributed by atoms with Crippen molar-refractivity contribution in [2.45, 2.75) is 277 Å². The van der Waals surface area contributed by atoms with Crippen LogP contribution >= 0.6 is 7.82 Å². The Morgan fingerprint density at radius 2 is 0.695 bits per heavy atom. The molecule has 0 N–H and O–H groups in total. The van der Waals surface area contributed by atoms with Crippen LogP contribution in [0.2, 0.25) is 0 Å². The average molecular weight is 1160 g/mol. The molecule has 0 spiro atoms. The van der Waals surface area contributed by atoms with E-state index in [0.29, 0.717) is 17.4 Å². The summed E-state index contributed by atoms with van der Waals surface area (Å²) in [7, 11) is 1.15. The van der Waals surface area contributed by atoms with Crippen molar-refractivity contribution < 1.29 is 42.1 Å². The summed E-state index contributed by atoms with van der Waals surface area (Å²) in [5.74, 6) is -0.848. The number of rotatable bonds is 60. The van der Waals surface area contributed by atoms with Gasteiger partial charge < -0.3 is 27.9 Å². The Bertz CT molecular complexity index is 1800. The summed E-state index contributed by atoms with van der Waals surface area (Å²) < 4.78 is 34.2. The molecule has 470 valence electrons. The number of ether oxygens (including phenoxy) is 2. The molecule has 0 aliphatic carbocycles. The van der Waals surface area contributed by atoms with Gasteiger partial charge in [0.2, 0.25) is 0 Å². The molecule has 0 aromatic heterocycles. The molecule has 0 saturated carbocycles. The number of hydrogen-bond acceptors (Lipinski definition) is 8. The summed E-state index contributed by atoms with van der Waals surface area (Å²) in [6, 6.07) is 0. The number of allylic oxidation sites excluding steroid dienone is 20. The zero-order chi connectivity index (χ0) is 59.8. The van der Waals surface area contributed by atoms with E-state index < -0.39 is 26.5 Å². The van der Waals surface area contributed by atoms with Gasteiger partial charge in [0.1, 0.15) is 19.8 Å². The minimum Gasteiger partial charge on any atom is -0.756 e. The Morgan fingerprint density at radius 1 is 0.390 bits per heavy atom. The van der Waals surface area contributed by atoms with E-state index in [4.69, 9.17) is 18.5 Å². The van der Waals surface area contributed by atoms with Gasteiger partial charge in [-0.25, -0.2) is 0 Å². The first-order valence-corrected chi connectivity index (χ1v) is 34.7. The van der Waals surface area contributed by atoms with Crippen LogP contribution in [0.3, 0.4) is 0 Å². The molecule has 0 bridgehead atoms. The van der Waals surface area contributed by atoms with Crippen molar-refractivity contribution in [3.8, 4) is 0 Å². The quantitative estimate of drug-likeness (QED) is 0.0195. The number of carbonyl (C=O) groups is 2. The molecule has 0 amide bonds. The smallest absolute Gasteiger partial charge is 0.306 e. The van der Waals surface area contributed by atoms with Crippen molar-refractivity contribution in [3.05, 3.63) is 122 Å². The van der Waals surface area contributed by atoms with Crippen LogP contribution in [-0.2, 0) is 32.7 Å². The molecular weight excluding hydrogens is 1040 g/mol. The lowest BCUT2D eigenvalue weighted by Crippen LogP contribution is -2.37. The fraction of sp³-hybridized carbons (Fsp3) is 0.694. The zero-order valence-electron chi connectivity index (χ0n) is 53.4. The van der Waals surface area contributed by atoms with E-state index in [-0.39, 0.29) is 32.0 Å². The predicted molar refractivity (Wildman–Crippen MR) is 351 cm³/mol. The van der Waals surface area contributed by atoms with Crippen LogP contribution in [0.5, 0.6) is 0 Å². The zero-order valence-corrected chi connectivity index (χ0v) is 54.3. The van der Waals surface area contributed by atoms with Crippen molar-refractivity contribution >= 4 is 19.8 Å². The van der Waals surface area contributed by atoms with E-state index in [0.717, 1.165) is 122 Å². The third-order valence-corrected chi connectivity index (χ3v) is 15.0. The van der Waals surface area contributed by atoms with Gasteiger partial charge in [0, 0.05) is 12.8 Å². The molecule has 2 unspecified atom stereocenters. The van der Waals surface area contributed by atoms with Crippen LogP contribution in [0.4, 0.5) is 0 Å². The van der Waals surface area contributed by atoms with Crippen LogP contribution in [-0.4, -0.2) is 70.0 Å². The van der Waals surface area contributed by atoms with Crippen molar-refractivity contribution in [2.75, 3.05) is 47.5 Å². The summed E-state index contributed by atoms with van der Waals surface area (Å²) >= 11 is 0. The van der Waals surface area contributed by atoms with Gasteiger partial charge >= 0.3 is 11.9 Å². The van der Waals surface area contributed by atoms with Gasteiger partial charge in [0.15, 0.2) is 6.10 Å². The fourth-order valence-corrected chi connectivity index (χ4v) is 9.65. The molecule has 0 heterocycles. The van der Waals surface area contributed by atoms with Crippen LogP contribution in [0.25, 0.3) is 0 Å². The van der Waals surface area contributed by atoms with E-state index in [1.165, 1.54) is 116 Å². The fourth-order valence-electron chi connectivity index (χ4n) is 8.92. The van der Waals surface area contributed by atoms with Crippen molar-refractivity contribution in [1.82, 2.24) is 0 Å². The maximum absolute atomic E-state index is 12.8. The van der Waals surface area contributed by atoms with Gasteiger partial charge in [0.25, 0.3) is 7.82 Å². The van der Waals surface area contributed by atoms with E-state index in [9.17, 15) is 19.0 Å². The Hall–Kier alpha value is -3.59. The number of likely N-dealkylation sites (N-methyl/N-ethyl adjacent to an activating group) is 1. The molecule has 0 aromatic rings. The molecule has 0 aliphatic rings. The molecule has 0 aromatic carbocycles. The number of phosphoric ester groups is 1. The van der Waals surface area contributed by atoms with Crippen molar-refractivity contribution in [2.24, 2.45) is 0 Å². The Kier molecular flexibility index (Phi) is 59.2. The monoisotopic (exact) mass is 1160 g/mol. The summed E-state index contributed by atoms with van der Waals surface area (Å²) in [6.07, 6.45) is 88.3. The number of hydrogen-bond donors (Lipinski definition) is 0. The first-order valence-electron chi connectivity index (χ1n) is 33.2. The predicted octanol–water partition coefficient (Wildman–Crippen LogP) is 20.9. The standard InChI is InChI=1S/C72H124NO8P/c1-6-8-10-12-14-16-18-20-22-24-26-28-29-30-31-32-33-34-35-36-37-38-39-40-41-42-43-45-47-49-51-53-55-57-59-61-63-65-72(75)81-70(69-80-82(76,77)79-67-66-73(3,4)5)68-78-71(74)64-62-60-58-56-54-52-50-48-46-44-27-25-23-21-19-17-15-13-11-9-7-2/h8,10,14,16,20,22,26,28,30-31,33-34,36-37,39-40,42-43,47,49,70H,6-7,9,11-13,15,17-19,21,23-25,27,29,32,35,38,41,44-46,48,50-69H2,1-5H3/b10-8-,16-14-,22-20-,28-26-,31-30-,34-33-,37-36-,40-39-,43-42-,49-47-. The minimum atomic E-state index is -4.65. The second-order valence-corrected chi connectivity index (χ2v) is 24.5. The number of quaternary nitrogens is 1. The van der Waals surface area contributed by atoms with Crippen LogP contribution < -0.4 is 4.89 Å². The molecule has 9 nitrogen and oxygen atoms in total. The summed E-state index contributed by atoms with van der Waals surface area (Å²) in [4.78, 5) is 38.0. The normalized spacial score (nSPS) is 14.0. The largest absolute Gasteiger partial charge is 0.756 e. The summed E-state index contributed by atoms with van der Waals surface area (Å²) in [5, 5.41) is 0. The summed E-state index contributed by atoms with van der Waals surface area (Å²) in [6.45, 7) is 4.13. The van der Waals surface area contributed by atoms with Gasteiger partial charge in [-0.3, -0.25) is 14.2 Å². The topological polar surface area (TPSA) is 111 Å². The number of esters is 2. The molecule has 82 heavy (non-hydrogen) atoms. The lowest BCUT2D eigenvalue weighted by molar-refractivity contribution is -0.870.